The van der Waals surface area contributed by atoms with E-state index in [4.69, 9.17) is 16.3 Å². The SMILES string of the molecule is Cc1cc(Cl)ccc1OC1CCN(C[C@H](O)CNC(=O)c2c[nH]c(=O)c3ccccc23)CC1. The monoisotopic (exact) mass is 469 g/mol. The van der Waals surface area contributed by atoms with Crippen molar-refractivity contribution in [2.45, 2.75) is 32.0 Å². The molecule has 1 aromatic heterocycles. The van der Waals surface area contributed by atoms with Crippen molar-refractivity contribution in [3.8, 4) is 5.75 Å². The van der Waals surface area contributed by atoms with E-state index in [2.05, 4.69) is 15.2 Å². The molecule has 1 aliphatic heterocycles. The molecule has 0 saturated carbocycles. The Balaban J connectivity index is 1.25. The summed E-state index contributed by atoms with van der Waals surface area (Å²) in [6.45, 7) is 4.21. The number of halogens is 1. The van der Waals surface area contributed by atoms with Gasteiger partial charge in [0.2, 0.25) is 0 Å². The van der Waals surface area contributed by atoms with E-state index in [-0.39, 0.29) is 24.1 Å². The quantitative estimate of drug-likeness (QED) is 0.494. The number of nitrogens with one attached hydrogen (secondary N) is 2. The number of hydrogen-bond acceptors (Lipinski definition) is 5. The van der Waals surface area contributed by atoms with Crippen LogP contribution in [0.3, 0.4) is 0 Å². The number of piperidine rings is 1. The number of carbonyl (C=O) groups excluding carboxylic acids is 1. The Morgan fingerprint density at radius 2 is 1.97 bits per heavy atom. The van der Waals surface area contributed by atoms with Crippen LogP contribution in [0.4, 0.5) is 0 Å². The predicted molar refractivity (Wildman–Crippen MR) is 129 cm³/mol. The van der Waals surface area contributed by atoms with E-state index < -0.39 is 6.10 Å². The predicted octanol–water partition coefficient (Wildman–Crippen LogP) is 3.12. The van der Waals surface area contributed by atoms with E-state index >= 15 is 0 Å². The molecule has 0 bridgehead atoms. The van der Waals surface area contributed by atoms with Gasteiger partial charge in [-0.15, -0.1) is 0 Å². The third kappa shape index (κ3) is 5.74. The van der Waals surface area contributed by atoms with Crippen LogP contribution >= 0.6 is 11.6 Å². The van der Waals surface area contributed by atoms with Crippen LogP contribution in [0.2, 0.25) is 5.02 Å². The lowest BCUT2D eigenvalue weighted by molar-refractivity contribution is 0.0592. The zero-order valence-corrected chi connectivity index (χ0v) is 19.3. The van der Waals surface area contributed by atoms with E-state index in [0.29, 0.717) is 27.9 Å². The first-order chi connectivity index (χ1) is 15.9. The van der Waals surface area contributed by atoms with Crippen molar-refractivity contribution in [2.75, 3.05) is 26.2 Å². The first-order valence-corrected chi connectivity index (χ1v) is 11.5. The Morgan fingerprint density at radius 1 is 1.24 bits per heavy atom. The number of nitrogens with zero attached hydrogens (tertiary/aromatic N) is 1. The molecule has 1 aliphatic rings. The minimum absolute atomic E-state index is 0.131. The normalized spacial score (nSPS) is 16.0. The number of amides is 1. The Labute approximate surface area is 197 Å². The van der Waals surface area contributed by atoms with Crippen LogP contribution in [0.25, 0.3) is 10.8 Å². The molecule has 3 aromatic rings. The molecule has 1 atom stereocenters. The zero-order chi connectivity index (χ0) is 23.4. The van der Waals surface area contributed by atoms with E-state index in [1.54, 1.807) is 24.3 Å². The second kappa shape index (κ2) is 10.4. The third-order valence-corrected chi connectivity index (χ3v) is 6.22. The molecule has 3 N–H and O–H groups in total. The molecular weight excluding hydrogens is 442 g/mol. The highest BCUT2D eigenvalue weighted by Crippen LogP contribution is 2.25. The molecule has 8 heteroatoms. The smallest absolute Gasteiger partial charge is 0.255 e. The number of aliphatic hydroxyl groups excluding tert-OH is 1. The molecule has 2 aromatic carbocycles. The van der Waals surface area contributed by atoms with Gasteiger partial charge in [-0.1, -0.05) is 29.8 Å². The van der Waals surface area contributed by atoms with Gasteiger partial charge in [0, 0.05) is 48.2 Å². The minimum Gasteiger partial charge on any atom is -0.490 e. The molecule has 0 aliphatic carbocycles. The maximum absolute atomic E-state index is 12.6. The molecule has 7 nitrogen and oxygen atoms in total. The molecule has 0 spiro atoms. The fourth-order valence-electron chi connectivity index (χ4n) is 4.20. The Bertz CT molecular complexity index is 1190. The van der Waals surface area contributed by atoms with E-state index in [1.165, 1.54) is 6.20 Å². The number of H-pyrrole nitrogens is 1. The number of carbonyl (C=O) groups is 1. The second-order valence-corrected chi connectivity index (χ2v) is 8.90. The van der Waals surface area contributed by atoms with Crippen molar-refractivity contribution in [1.29, 1.82) is 0 Å². The van der Waals surface area contributed by atoms with Gasteiger partial charge < -0.3 is 25.0 Å². The van der Waals surface area contributed by atoms with Crippen LogP contribution < -0.4 is 15.6 Å². The Kier molecular flexibility index (Phi) is 7.33. The van der Waals surface area contributed by atoms with Crippen molar-refractivity contribution in [2.24, 2.45) is 0 Å². The number of aromatic nitrogens is 1. The molecule has 174 valence electrons. The molecule has 0 unspecified atom stereocenters. The van der Waals surface area contributed by atoms with Gasteiger partial charge in [-0.2, -0.15) is 0 Å². The molecule has 4 rings (SSSR count). The Morgan fingerprint density at radius 3 is 2.70 bits per heavy atom. The summed E-state index contributed by atoms with van der Waals surface area (Å²) in [5.41, 5.74) is 1.17. The van der Waals surface area contributed by atoms with E-state index in [0.717, 1.165) is 37.2 Å². The van der Waals surface area contributed by atoms with Crippen LogP contribution in [0.1, 0.15) is 28.8 Å². The third-order valence-electron chi connectivity index (χ3n) is 5.99. The molecule has 2 heterocycles. The molecule has 1 amide bonds. The van der Waals surface area contributed by atoms with Crippen LogP contribution in [0.5, 0.6) is 5.75 Å². The number of pyridine rings is 1. The lowest BCUT2D eigenvalue weighted by Crippen LogP contribution is -2.45. The van der Waals surface area contributed by atoms with Gasteiger partial charge in [0.15, 0.2) is 0 Å². The first kappa shape index (κ1) is 23.3. The van der Waals surface area contributed by atoms with Crippen molar-refractivity contribution >= 4 is 28.3 Å². The highest BCUT2D eigenvalue weighted by atomic mass is 35.5. The maximum Gasteiger partial charge on any atom is 0.255 e. The van der Waals surface area contributed by atoms with Gasteiger partial charge in [-0.05, 0) is 49.6 Å². The van der Waals surface area contributed by atoms with Gasteiger partial charge in [0.1, 0.15) is 11.9 Å². The van der Waals surface area contributed by atoms with Gasteiger partial charge >= 0.3 is 0 Å². The number of aliphatic hydroxyl groups is 1. The summed E-state index contributed by atoms with van der Waals surface area (Å²) in [7, 11) is 0. The van der Waals surface area contributed by atoms with Gasteiger partial charge in [0.25, 0.3) is 11.5 Å². The summed E-state index contributed by atoms with van der Waals surface area (Å²) < 4.78 is 6.14. The van der Waals surface area contributed by atoms with Gasteiger partial charge in [-0.3, -0.25) is 9.59 Å². The average Bonchev–Trinajstić information content (AvgIpc) is 2.81. The number of likely N-dealkylation sites (tertiary alicyclic amines) is 1. The number of benzene rings is 2. The standard InChI is InChI=1S/C25H28ClN3O4/c1-16-12-17(26)6-7-23(16)33-19-8-10-29(11-9-19)15-18(30)13-27-25(32)22-14-28-24(31)21-5-3-2-4-20(21)22/h2-7,12,14,18-19,30H,8-11,13,15H2,1H3,(H,27,32)(H,28,31)/t18-/m1/s1. The fraction of sp³-hybridized carbons (Fsp3) is 0.360. The van der Waals surface area contributed by atoms with Crippen LogP contribution in [-0.2, 0) is 0 Å². The first-order valence-electron chi connectivity index (χ1n) is 11.1. The zero-order valence-electron chi connectivity index (χ0n) is 18.5. The fourth-order valence-corrected chi connectivity index (χ4v) is 4.43. The number of aryl methyl sites for hydroxylation is 1. The van der Waals surface area contributed by atoms with Crippen molar-refractivity contribution in [3.63, 3.8) is 0 Å². The summed E-state index contributed by atoms with van der Waals surface area (Å²) in [4.78, 5) is 29.4. The van der Waals surface area contributed by atoms with Crippen LogP contribution in [-0.4, -0.2) is 59.3 Å². The number of aromatic amines is 1. The molecule has 33 heavy (non-hydrogen) atoms. The molecule has 0 radical (unpaired) electrons. The molecular formula is C25H28ClN3O4. The summed E-state index contributed by atoms with van der Waals surface area (Å²) in [6, 6.07) is 12.6. The highest BCUT2D eigenvalue weighted by Gasteiger charge is 2.23. The number of rotatable bonds is 7. The summed E-state index contributed by atoms with van der Waals surface area (Å²) in [5.74, 6) is 0.530. The Hall–Kier alpha value is -2.87. The molecule has 1 saturated heterocycles. The lowest BCUT2D eigenvalue weighted by atomic mass is 10.1. The number of β-amino-alcohol motifs (C(OH)–C–C–N with tert-alkyl or cyclic N) is 1. The average molecular weight is 470 g/mol. The maximum atomic E-state index is 12.6. The van der Waals surface area contributed by atoms with Crippen molar-refractivity contribution < 1.29 is 14.6 Å². The largest absolute Gasteiger partial charge is 0.490 e. The molecule has 1 fully saturated rings. The van der Waals surface area contributed by atoms with Gasteiger partial charge in [0.05, 0.1) is 11.7 Å². The number of ether oxygens (including phenoxy) is 1. The van der Waals surface area contributed by atoms with Gasteiger partial charge in [-0.25, -0.2) is 0 Å². The topological polar surface area (TPSA) is 94.7 Å². The summed E-state index contributed by atoms with van der Waals surface area (Å²) in [6.07, 6.45) is 2.58. The highest BCUT2D eigenvalue weighted by molar-refractivity contribution is 6.30. The second-order valence-electron chi connectivity index (χ2n) is 8.47. The van der Waals surface area contributed by atoms with Crippen LogP contribution in [0.15, 0.2) is 53.5 Å². The van der Waals surface area contributed by atoms with E-state index in [1.807, 2.05) is 25.1 Å². The lowest BCUT2D eigenvalue weighted by Gasteiger charge is -2.33. The van der Waals surface area contributed by atoms with Crippen molar-refractivity contribution in [3.05, 3.63) is 75.2 Å². The van der Waals surface area contributed by atoms with Crippen LogP contribution in [0, 0.1) is 6.92 Å². The minimum atomic E-state index is -0.695. The number of hydrogen-bond donors (Lipinski definition) is 3. The summed E-state index contributed by atoms with van der Waals surface area (Å²) >= 11 is 6.01. The number of fused-ring (bicyclic) bond motifs is 1. The van der Waals surface area contributed by atoms with Crippen molar-refractivity contribution in [1.82, 2.24) is 15.2 Å². The summed E-state index contributed by atoms with van der Waals surface area (Å²) in [5, 5.41) is 15.0. The van der Waals surface area contributed by atoms with E-state index in [9.17, 15) is 14.7 Å².